The van der Waals surface area contributed by atoms with Crippen LogP contribution in [0.2, 0.25) is 0 Å². The molecule has 6 nitrogen and oxygen atoms in total. The van der Waals surface area contributed by atoms with Gasteiger partial charge in [0, 0.05) is 31.4 Å². The topological polar surface area (TPSA) is 63.2 Å². The summed E-state index contributed by atoms with van der Waals surface area (Å²) in [5, 5.41) is 6.86. The summed E-state index contributed by atoms with van der Waals surface area (Å²) in [6.45, 7) is 2.04. The Hall–Kier alpha value is -2.93. The normalized spacial score (nSPS) is 21.3. The Morgan fingerprint density at radius 3 is 2.89 bits per heavy atom. The standard InChI is InChI=1S/C20H20FN3O3/c1-26-16-4-2-3-15(9-16)22-20(25)19-17-11-24(12-18(17)27-23-19)10-13-5-7-14(21)8-6-13/h2-9,17-18H,10-12H2,1H3,(H,22,25)/t17-,18+/m0/s1. The minimum absolute atomic E-state index is 0.0731. The lowest BCUT2D eigenvalue weighted by Crippen LogP contribution is -2.32. The highest BCUT2D eigenvalue weighted by molar-refractivity contribution is 6.44. The first kappa shape index (κ1) is 17.5. The van der Waals surface area contributed by atoms with E-state index in [1.54, 1.807) is 31.4 Å². The van der Waals surface area contributed by atoms with Gasteiger partial charge in [0.15, 0.2) is 5.71 Å². The number of anilines is 1. The summed E-state index contributed by atoms with van der Waals surface area (Å²) in [5.41, 5.74) is 2.08. The maximum absolute atomic E-state index is 13.1. The predicted molar refractivity (Wildman–Crippen MR) is 99.1 cm³/mol. The highest BCUT2D eigenvalue weighted by atomic mass is 19.1. The van der Waals surface area contributed by atoms with Gasteiger partial charge in [0.05, 0.1) is 13.0 Å². The summed E-state index contributed by atoms with van der Waals surface area (Å²) in [5.74, 6) is 0.0843. The van der Waals surface area contributed by atoms with Gasteiger partial charge in [0.2, 0.25) is 0 Å². The van der Waals surface area contributed by atoms with Crippen molar-refractivity contribution in [2.75, 3.05) is 25.5 Å². The van der Waals surface area contributed by atoms with E-state index in [9.17, 15) is 9.18 Å². The Morgan fingerprint density at radius 1 is 1.30 bits per heavy atom. The first-order valence-corrected chi connectivity index (χ1v) is 8.78. The number of fused-ring (bicyclic) bond motifs is 1. The van der Waals surface area contributed by atoms with Crippen LogP contribution in [0.1, 0.15) is 5.56 Å². The van der Waals surface area contributed by atoms with E-state index in [0.717, 1.165) is 5.56 Å². The van der Waals surface area contributed by atoms with Gasteiger partial charge < -0.3 is 14.9 Å². The van der Waals surface area contributed by atoms with Gasteiger partial charge in [-0.3, -0.25) is 9.69 Å². The number of nitrogens with one attached hydrogen (secondary N) is 1. The maximum atomic E-state index is 13.1. The van der Waals surface area contributed by atoms with Crippen molar-refractivity contribution in [3.63, 3.8) is 0 Å². The van der Waals surface area contributed by atoms with E-state index in [1.807, 2.05) is 12.1 Å². The third-order valence-electron chi connectivity index (χ3n) is 4.86. The zero-order valence-corrected chi connectivity index (χ0v) is 14.9. The maximum Gasteiger partial charge on any atom is 0.273 e. The predicted octanol–water partition coefficient (Wildman–Crippen LogP) is 2.66. The number of amides is 1. The van der Waals surface area contributed by atoms with Gasteiger partial charge in [-0.15, -0.1) is 0 Å². The lowest BCUT2D eigenvalue weighted by molar-refractivity contribution is -0.110. The molecule has 1 saturated heterocycles. The highest BCUT2D eigenvalue weighted by Crippen LogP contribution is 2.29. The van der Waals surface area contributed by atoms with E-state index < -0.39 is 0 Å². The molecule has 27 heavy (non-hydrogen) atoms. The fraction of sp³-hybridized carbons (Fsp3) is 0.300. The van der Waals surface area contributed by atoms with E-state index in [-0.39, 0.29) is 23.7 Å². The van der Waals surface area contributed by atoms with Crippen molar-refractivity contribution in [2.45, 2.75) is 12.6 Å². The SMILES string of the molecule is COc1cccc(NC(=O)C2=NO[C@@H]3CN(Cc4ccc(F)cc4)C[C@H]23)c1. The van der Waals surface area contributed by atoms with Crippen LogP contribution in [0.4, 0.5) is 10.1 Å². The molecule has 2 aromatic rings. The Kier molecular flexibility index (Phi) is 4.77. The second-order valence-electron chi connectivity index (χ2n) is 6.73. The second-order valence-corrected chi connectivity index (χ2v) is 6.73. The average molecular weight is 369 g/mol. The molecule has 2 aliphatic rings. The van der Waals surface area contributed by atoms with Gasteiger partial charge in [-0.2, -0.15) is 0 Å². The van der Waals surface area contributed by atoms with Crippen LogP contribution in [0, 0.1) is 11.7 Å². The Bertz CT molecular complexity index is 869. The van der Waals surface area contributed by atoms with E-state index >= 15 is 0 Å². The molecule has 2 aliphatic heterocycles. The Balaban J connectivity index is 1.39. The molecule has 0 aliphatic carbocycles. The number of rotatable bonds is 5. The molecule has 0 bridgehead atoms. The Labute approximate surface area is 156 Å². The molecular weight excluding hydrogens is 349 g/mol. The second kappa shape index (κ2) is 7.36. The van der Waals surface area contributed by atoms with Crippen LogP contribution in [0.3, 0.4) is 0 Å². The molecule has 140 valence electrons. The number of benzene rings is 2. The van der Waals surface area contributed by atoms with Gasteiger partial charge >= 0.3 is 0 Å². The van der Waals surface area contributed by atoms with E-state index in [2.05, 4.69) is 15.4 Å². The zero-order chi connectivity index (χ0) is 18.8. The van der Waals surface area contributed by atoms with Crippen LogP contribution < -0.4 is 10.1 Å². The number of hydrogen-bond donors (Lipinski definition) is 1. The van der Waals surface area contributed by atoms with Crippen molar-refractivity contribution in [3.8, 4) is 5.75 Å². The number of oxime groups is 1. The van der Waals surface area contributed by atoms with Crippen LogP contribution in [-0.4, -0.2) is 42.8 Å². The third kappa shape index (κ3) is 3.78. The van der Waals surface area contributed by atoms with Crippen molar-refractivity contribution in [3.05, 3.63) is 59.9 Å². The van der Waals surface area contributed by atoms with Crippen molar-refractivity contribution in [2.24, 2.45) is 11.1 Å². The van der Waals surface area contributed by atoms with Crippen LogP contribution in [0.5, 0.6) is 5.75 Å². The third-order valence-corrected chi connectivity index (χ3v) is 4.86. The largest absolute Gasteiger partial charge is 0.497 e. The smallest absolute Gasteiger partial charge is 0.273 e. The molecule has 2 atom stereocenters. The summed E-state index contributed by atoms with van der Waals surface area (Å²) in [7, 11) is 1.58. The number of halogens is 1. The summed E-state index contributed by atoms with van der Waals surface area (Å²) < 4.78 is 18.2. The Morgan fingerprint density at radius 2 is 2.11 bits per heavy atom. The first-order chi connectivity index (χ1) is 13.1. The number of methoxy groups -OCH3 is 1. The molecule has 0 saturated carbocycles. The molecule has 4 rings (SSSR count). The van der Waals surface area contributed by atoms with Gasteiger partial charge in [0.1, 0.15) is 17.7 Å². The van der Waals surface area contributed by atoms with Crippen LogP contribution >= 0.6 is 0 Å². The molecule has 1 fully saturated rings. The van der Waals surface area contributed by atoms with Crippen molar-refractivity contribution < 1.29 is 18.8 Å². The van der Waals surface area contributed by atoms with Crippen LogP contribution in [0.25, 0.3) is 0 Å². The summed E-state index contributed by atoms with van der Waals surface area (Å²) >= 11 is 0. The van der Waals surface area contributed by atoms with Gasteiger partial charge in [-0.05, 0) is 29.8 Å². The number of carbonyl (C=O) groups is 1. The fourth-order valence-electron chi connectivity index (χ4n) is 3.50. The molecule has 0 radical (unpaired) electrons. The molecule has 2 aromatic carbocycles. The number of hydrogen-bond acceptors (Lipinski definition) is 5. The summed E-state index contributed by atoms with van der Waals surface area (Å²) in [6, 6.07) is 13.6. The van der Waals surface area contributed by atoms with E-state index in [1.165, 1.54) is 12.1 Å². The van der Waals surface area contributed by atoms with Gasteiger partial charge in [0.25, 0.3) is 5.91 Å². The summed E-state index contributed by atoms with van der Waals surface area (Å²) in [6.07, 6.45) is -0.128. The first-order valence-electron chi connectivity index (χ1n) is 8.78. The summed E-state index contributed by atoms with van der Waals surface area (Å²) in [4.78, 5) is 20.3. The van der Waals surface area contributed by atoms with Crippen molar-refractivity contribution >= 4 is 17.3 Å². The number of likely N-dealkylation sites (tertiary alicyclic amines) is 1. The lowest BCUT2D eigenvalue weighted by atomic mass is 10.0. The number of ether oxygens (including phenoxy) is 1. The molecule has 2 heterocycles. The quantitative estimate of drug-likeness (QED) is 0.880. The number of carbonyl (C=O) groups excluding carboxylic acids is 1. The monoisotopic (exact) mass is 369 g/mol. The lowest BCUT2D eigenvalue weighted by Gasteiger charge is -2.16. The molecule has 1 N–H and O–H groups in total. The minimum atomic E-state index is -0.264. The highest BCUT2D eigenvalue weighted by Gasteiger charge is 2.44. The van der Waals surface area contributed by atoms with Crippen molar-refractivity contribution in [1.82, 2.24) is 4.90 Å². The van der Waals surface area contributed by atoms with Crippen LogP contribution in [-0.2, 0) is 16.2 Å². The zero-order valence-electron chi connectivity index (χ0n) is 14.9. The fourth-order valence-corrected chi connectivity index (χ4v) is 3.50. The van der Waals surface area contributed by atoms with Crippen LogP contribution in [0.15, 0.2) is 53.7 Å². The van der Waals surface area contributed by atoms with Gasteiger partial charge in [-0.25, -0.2) is 4.39 Å². The molecule has 0 spiro atoms. The average Bonchev–Trinajstić information content (AvgIpc) is 3.23. The minimum Gasteiger partial charge on any atom is -0.497 e. The van der Waals surface area contributed by atoms with Gasteiger partial charge in [-0.1, -0.05) is 23.4 Å². The van der Waals surface area contributed by atoms with E-state index in [0.29, 0.717) is 36.8 Å². The molecule has 0 unspecified atom stereocenters. The molecule has 1 amide bonds. The van der Waals surface area contributed by atoms with Crippen molar-refractivity contribution in [1.29, 1.82) is 0 Å². The van der Waals surface area contributed by atoms with E-state index in [4.69, 9.17) is 9.57 Å². The molecule has 0 aromatic heterocycles. The molecular formula is C20H20FN3O3. The number of nitrogens with zero attached hydrogens (tertiary/aromatic N) is 2. The molecule has 7 heteroatoms.